The van der Waals surface area contributed by atoms with Gasteiger partial charge in [0.05, 0.1) is 33.0 Å². The molecule has 0 radical (unpaired) electrons. The van der Waals surface area contributed by atoms with Crippen LogP contribution < -0.4 is 5.32 Å². The average Bonchev–Trinajstić information content (AvgIpc) is 2.39. The first-order valence-corrected chi connectivity index (χ1v) is 7.30. The average molecular weight is 280 g/mol. The van der Waals surface area contributed by atoms with Gasteiger partial charge in [-0.2, -0.15) is 0 Å². The molecule has 1 fully saturated rings. The Hall–Kier alpha value is 0.130. The number of rotatable bonds is 10. The van der Waals surface area contributed by atoms with E-state index in [9.17, 15) is 0 Å². The SMILES string of the molecule is COCCOCCOCCNC1CCCCC1Cl. The summed E-state index contributed by atoms with van der Waals surface area (Å²) >= 11 is 6.26. The number of hydrogen-bond donors (Lipinski definition) is 1. The van der Waals surface area contributed by atoms with E-state index < -0.39 is 0 Å². The van der Waals surface area contributed by atoms with Crippen molar-refractivity contribution in [2.75, 3.05) is 46.7 Å². The van der Waals surface area contributed by atoms with Crippen LogP contribution in [0.25, 0.3) is 0 Å². The van der Waals surface area contributed by atoms with Crippen LogP contribution in [0.2, 0.25) is 0 Å². The molecule has 1 saturated carbocycles. The van der Waals surface area contributed by atoms with Crippen LogP contribution in [0.15, 0.2) is 0 Å². The van der Waals surface area contributed by atoms with E-state index in [0.29, 0.717) is 39.1 Å². The van der Waals surface area contributed by atoms with Crippen molar-refractivity contribution in [3.05, 3.63) is 0 Å². The fourth-order valence-corrected chi connectivity index (χ4v) is 2.47. The Balaban J connectivity index is 1.83. The van der Waals surface area contributed by atoms with Gasteiger partial charge in [-0.05, 0) is 12.8 Å². The summed E-state index contributed by atoms with van der Waals surface area (Å²) in [7, 11) is 1.67. The third-order valence-electron chi connectivity index (χ3n) is 3.14. The predicted octanol–water partition coefficient (Wildman–Crippen LogP) is 1.81. The van der Waals surface area contributed by atoms with Gasteiger partial charge in [-0.25, -0.2) is 0 Å². The second kappa shape index (κ2) is 11.0. The molecule has 1 aliphatic carbocycles. The third kappa shape index (κ3) is 7.54. The number of hydrogen-bond acceptors (Lipinski definition) is 4. The van der Waals surface area contributed by atoms with Crippen LogP contribution in [0, 0.1) is 0 Å². The van der Waals surface area contributed by atoms with E-state index in [1.54, 1.807) is 7.11 Å². The first-order chi connectivity index (χ1) is 8.84. The molecule has 0 aromatic rings. The van der Waals surface area contributed by atoms with Gasteiger partial charge in [0.25, 0.3) is 0 Å². The predicted molar refractivity (Wildman–Crippen MR) is 73.4 cm³/mol. The molecule has 0 saturated heterocycles. The smallest absolute Gasteiger partial charge is 0.0701 e. The lowest BCUT2D eigenvalue weighted by molar-refractivity contribution is 0.0251. The maximum absolute atomic E-state index is 6.26. The molecule has 0 amide bonds. The molecule has 0 aromatic carbocycles. The van der Waals surface area contributed by atoms with Gasteiger partial charge in [0.2, 0.25) is 0 Å². The van der Waals surface area contributed by atoms with Gasteiger partial charge in [0, 0.05) is 25.1 Å². The summed E-state index contributed by atoms with van der Waals surface area (Å²) in [5, 5.41) is 3.75. The molecule has 0 bridgehead atoms. The maximum Gasteiger partial charge on any atom is 0.0701 e. The molecule has 4 nitrogen and oxygen atoms in total. The molecule has 18 heavy (non-hydrogen) atoms. The summed E-state index contributed by atoms with van der Waals surface area (Å²) in [5.74, 6) is 0. The van der Waals surface area contributed by atoms with Crippen molar-refractivity contribution in [1.82, 2.24) is 5.32 Å². The second-order valence-electron chi connectivity index (χ2n) is 4.58. The minimum Gasteiger partial charge on any atom is -0.382 e. The van der Waals surface area contributed by atoms with Crippen LogP contribution in [-0.2, 0) is 14.2 Å². The molecular formula is C13H26ClNO3. The second-order valence-corrected chi connectivity index (χ2v) is 5.14. The molecule has 2 atom stereocenters. The lowest BCUT2D eigenvalue weighted by Crippen LogP contribution is -2.40. The molecule has 0 spiro atoms. The highest BCUT2D eigenvalue weighted by Crippen LogP contribution is 2.22. The number of alkyl halides is 1. The van der Waals surface area contributed by atoms with Crippen molar-refractivity contribution in [2.24, 2.45) is 0 Å². The van der Waals surface area contributed by atoms with Crippen molar-refractivity contribution >= 4 is 11.6 Å². The van der Waals surface area contributed by atoms with E-state index in [1.807, 2.05) is 0 Å². The highest BCUT2D eigenvalue weighted by Gasteiger charge is 2.21. The molecule has 1 aliphatic rings. The van der Waals surface area contributed by atoms with Crippen molar-refractivity contribution in [3.63, 3.8) is 0 Å². The largest absolute Gasteiger partial charge is 0.382 e. The summed E-state index contributed by atoms with van der Waals surface area (Å²) in [6.07, 6.45) is 4.87. The van der Waals surface area contributed by atoms with E-state index in [4.69, 9.17) is 25.8 Å². The van der Waals surface area contributed by atoms with Crippen LogP contribution in [-0.4, -0.2) is 58.1 Å². The van der Waals surface area contributed by atoms with Crippen LogP contribution in [0.4, 0.5) is 0 Å². The molecule has 5 heteroatoms. The molecule has 108 valence electrons. The monoisotopic (exact) mass is 279 g/mol. The minimum atomic E-state index is 0.288. The standard InChI is InChI=1S/C13H26ClNO3/c1-16-8-9-18-11-10-17-7-6-15-13-5-3-2-4-12(13)14/h12-13,15H,2-11H2,1H3. The summed E-state index contributed by atoms with van der Waals surface area (Å²) in [6, 6.07) is 0.460. The van der Waals surface area contributed by atoms with Gasteiger partial charge in [-0.3, -0.25) is 0 Å². The lowest BCUT2D eigenvalue weighted by atomic mass is 9.95. The normalized spacial score (nSPS) is 24.3. The number of ether oxygens (including phenoxy) is 3. The minimum absolute atomic E-state index is 0.288. The van der Waals surface area contributed by atoms with E-state index in [0.717, 1.165) is 13.0 Å². The molecule has 1 N–H and O–H groups in total. The van der Waals surface area contributed by atoms with Crippen LogP contribution in [0.1, 0.15) is 25.7 Å². The van der Waals surface area contributed by atoms with E-state index in [2.05, 4.69) is 5.32 Å². The topological polar surface area (TPSA) is 39.7 Å². The Morgan fingerprint density at radius 1 is 1.00 bits per heavy atom. The van der Waals surface area contributed by atoms with Crippen molar-refractivity contribution < 1.29 is 14.2 Å². The van der Waals surface area contributed by atoms with E-state index >= 15 is 0 Å². The molecular weight excluding hydrogens is 254 g/mol. The van der Waals surface area contributed by atoms with Crippen LogP contribution >= 0.6 is 11.6 Å². The van der Waals surface area contributed by atoms with Crippen molar-refractivity contribution in [1.29, 1.82) is 0 Å². The van der Waals surface area contributed by atoms with Gasteiger partial charge in [-0.1, -0.05) is 12.8 Å². The zero-order valence-corrected chi connectivity index (χ0v) is 12.1. The lowest BCUT2D eigenvalue weighted by Gasteiger charge is -2.27. The summed E-state index contributed by atoms with van der Waals surface area (Å²) in [6.45, 7) is 4.12. The zero-order chi connectivity index (χ0) is 13.1. The summed E-state index contributed by atoms with van der Waals surface area (Å²) < 4.78 is 15.6. The van der Waals surface area contributed by atoms with Crippen molar-refractivity contribution in [2.45, 2.75) is 37.1 Å². The fraction of sp³-hybridized carbons (Fsp3) is 1.00. The highest BCUT2D eigenvalue weighted by molar-refractivity contribution is 6.21. The van der Waals surface area contributed by atoms with Gasteiger partial charge in [0.1, 0.15) is 0 Å². The Morgan fingerprint density at radius 3 is 2.39 bits per heavy atom. The number of methoxy groups -OCH3 is 1. The zero-order valence-electron chi connectivity index (χ0n) is 11.3. The van der Waals surface area contributed by atoms with Crippen molar-refractivity contribution in [3.8, 4) is 0 Å². The highest BCUT2D eigenvalue weighted by atomic mass is 35.5. The van der Waals surface area contributed by atoms with E-state index in [-0.39, 0.29) is 5.38 Å². The van der Waals surface area contributed by atoms with Gasteiger partial charge in [-0.15, -0.1) is 11.6 Å². The molecule has 1 rings (SSSR count). The Labute approximate surface area is 115 Å². The Kier molecular flexibility index (Phi) is 9.89. The summed E-state index contributed by atoms with van der Waals surface area (Å²) in [5.41, 5.74) is 0. The Bertz CT molecular complexity index is 195. The first-order valence-electron chi connectivity index (χ1n) is 6.86. The summed E-state index contributed by atoms with van der Waals surface area (Å²) in [4.78, 5) is 0. The van der Waals surface area contributed by atoms with Gasteiger partial charge >= 0.3 is 0 Å². The number of halogens is 1. The van der Waals surface area contributed by atoms with Crippen LogP contribution in [0.3, 0.4) is 0 Å². The molecule has 0 heterocycles. The van der Waals surface area contributed by atoms with Gasteiger partial charge in [0.15, 0.2) is 0 Å². The maximum atomic E-state index is 6.26. The molecule has 0 aliphatic heterocycles. The number of nitrogens with one attached hydrogen (secondary N) is 1. The Morgan fingerprint density at radius 2 is 1.67 bits per heavy atom. The molecule has 0 aromatic heterocycles. The first kappa shape index (κ1) is 16.2. The fourth-order valence-electron chi connectivity index (χ4n) is 2.10. The van der Waals surface area contributed by atoms with Crippen LogP contribution in [0.5, 0.6) is 0 Å². The third-order valence-corrected chi connectivity index (χ3v) is 3.66. The van der Waals surface area contributed by atoms with E-state index in [1.165, 1.54) is 19.3 Å². The quantitative estimate of drug-likeness (QED) is 0.489. The van der Waals surface area contributed by atoms with Gasteiger partial charge < -0.3 is 19.5 Å². The molecule has 2 unspecified atom stereocenters.